The van der Waals surface area contributed by atoms with Gasteiger partial charge in [-0.25, -0.2) is 0 Å². The molecule has 1 saturated heterocycles. The average Bonchev–Trinajstić information content (AvgIpc) is 2.25. The van der Waals surface area contributed by atoms with Gasteiger partial charge in [0.15, 0.2) is 6.29 Å². The molecular weight excluding hydrogens is 256 g/mol. The molecule has 0 aromatic carbocycles. The molecule has 1 rings (SSSR count). The van der Waals surface area contributed by atoms with Crippen molar-refractivity contribution in [3.63, 3.8) is 0 Å². The molecule has 1 fully saturated rings. The van der Waals surface area contributed by atoms with Crippen LogP contribution in [-0.4, -0.2) is 24.3 Å². The smallest absolute Gasteiger partial charge is 0.160 e. The topological polar surface area (TPSA) is 18.5 Å². The molecular formula is C12H23BrO2. The van der Waals surface area contributed by atoms with E-state index < -0.39 is 0 Å². The van der Waals surface area contributed by atoms with E-state index in [2.05, 4.69) is 43.6 Å². The maximum atomic E-state index is 5.99. The van der Waals surface area contributed by atoms with Crippen LogP contribution in [-0.2, 0) is 9.47 Å². The maximum absolute atomic E-state index is 5.99. The highest BCUT2D eigenvalue weighted by atomic mass is 79.9. The van der Waals surface area contributed by atoms with E-state index in [0.717, 1.165) is 18.4 Å². The quantitative estimate of drug-likeness (QED) is 0.734. The lowest BCUT2D eigenvalue weighted by Gasteiger charge is -2.43. The van der Waals surface area contributed by atoms with Crippen molar-refractivity contribution in [2.75, 3.05) is 11.9 Å². The lowest BCUT2D eigenvalue weighted by atomic mass is 9.78. The molecule has 90 valence electrons. The van der Waals surface area contributed by atoms with E-state index in [1.54, 1.807) is 0 Å². The first-order valence-electron chi connectivity index (χ1n) is 5.94. The van der Waals surface area contributed by atoms with E-state index in [1.165, 1.54) is 0 Å². The predicted molar refractivity (Wildman–Crippen MR) is 66.2 cm³/mol. The van der Waals surface area contributed by atoms with Gasteiger partial charge in [0.1, 0.15) is 0 Å². The first-order chi connectivity index (χ1) is 7.11. The highest BCUT2D eigenvalue weighted by molar-refractivity contribution is 9.09. The second kappa shape index (κ2) is 6.21. The Morgan fingerprint density at radius 1 is 1.13 bits per heavy atom. The zero-order valence-corrected chi connectivity index (χ0v) is 11.8. The van der Waals surface area contributed by atoms with E-state index in [0.29, 0.717) is 23.9 Å². The Morgan fingerprint density at radius 3 is 2.33 bits per heavy atom. The molecule has 0 aromatic rings. The van der Waals surface area contributed by atoms with Crippen LogP contribution in [0.1, 0.15) is 34.1 Å². The zero-order valence-electron chi connectivity index (χ0n) is 10.2. The minimum atomic E-state index is -0.0151. The van der Waals surface area contributed by atoms with Crippen molar-refractivity contribution in [1.29, 1.82) is 0 Å². The van der Waals surface area contributed by atoms with E-state index in [-0.39, 0.29) is 6.29 Å². The predicted octanol–water partition coefficient (Wildman–Crippen LogP) is 3.44. The number of halogens is 1. The second-order valence-electron chi connectivity index (χ2n) is 4.59. The van der Waals surface area contributed by atoms with E-state index in [9.17, 15) is 0 Å². The molecule has 1 aliphatic heterocycles. The maximum Gasteiger partial charge on any atom is 0.160 e. The fourth-order valence-corrected chi connectivity index (χ4v) is 2.49. The monoisotopic (exact) mass is 278 g/mol. The molecule has 0 saturated carbocycles. The molecule has 1 heterocycles. The molecule has 0 N–H and O–H groups in total. The summed E-state index contributed by atoms with van der Waals surface area (Å²) >= 11 is 3.37. The Labute approximate surface area is 102 Å². The van der Waals surface area contributed by atoms with Crippen LogP contribution in [0.5, 0.6) is 0 Å². The highest BCUT2D eigenvalue weighted by Gasteiger charge is 2.38. The molecule has 2 nitrogen and oxygen atoms in total. The van der Waals surface area contributed by atoms with Crippen LogP contribution >= 0.6 is 15.9 Å². The summed E-state index contributed by atoms with van der Waals surface area (Å²) in [6.07, 6.45) is 1.42. The highest BCUT2D eigenvalue weighted by Crippen LogP contribution is 2.36. The van der Waals surface area contributed by atoms with E-state index in [1.807, 2.05) is 0 Å². The summed E-state index contributed by atoms with van der Waals surface area (Å²) in [6, 6.07) is 0. The van der Waals surface area contributed by atoms with Crippen LogP contribution in [0, 0.1) is 17.8 Å². The summed E-state index contributed by atoms with van der Waals surface area (Å²) < 4.78 is 11.7. The molecule has 5 unspecified atom stereocenters. The van der Waals surface area contributed by atoms with Gasteiger partial charge in [0.2, 0.25) is 0 Å². The fourth-order valence-electron chi connectivity index (χ4n) is 2.31. The van der Waals surface area contributed by atoms with Gasteiger partial charge in [-0.1, -0.05) is 43.6 Å². The van der Waals surface area contributed by atoms with E-state index in [4.69, 9.17) is 9.47 Å². The number of rotatable bonds is 4. The first kappa shape index (κ1) is 13.5. The summed E-state index contributed by atoms with van der Waals surface area (Å²) in [7, 11) is 0. The minimum Gasteiger partial charge on any atom is -0.351 e. The molecule has 0 amide bonds. The number of ether oxygens (including phenoxy) is 2. The molecule has 0 bridgehead atoms. The summed E-state index contributed by atoms with van der Waals surface area (Å²) in [5.74, 6) is 1.79. The lowest BCUT2D eigenvalue weighted by molar-refractivity contribution is -0.245. The standard InChI is InChI=1S/C12H23BrO2/c1-5-11-9(3)8(2)10(4)12(15-11)14-7-6-13/h8-12H,5-7H2,1-4H3. The summed E-state index contributed by atoms with van der Waals surface area (Å²) in [5.41, 5.74) is 0. The molecule has 1 aliphatic rings. The first-order valence-corrected chi connectivity index (χ1v) is 7.07. The van der Waals surface area contributed by atoms with Crippen molar-refractivity contribution >= 4 is 15.9 Å². The van der Waals surface area contributed by atoms with Crippen molar-refractivity contribution in [1.82, 2.24) is 0 Å². The number of hydrogen-bond donors (Lipinski definition) is 0. The number of hydrogen-bond acceptors (Lipinski definition) is 2. The van der Waals surface area contributed by atoms with Crippen LogP contribution in [0.15, 0.2) is 0 Å². The lowest BCUT2D eigenvalue weighted by Crippen LogP contribution is -2.45. The van der Waals surface area contributed by atoms with Gasteiger partial charge in [-0.2, -0.15) is 0 Å². The van der Waals surface area contributed by atoms with Gasteiger partial charge in [0.05, 0.1) is 12.7 Å². The molecule has 3 heteroatoms. The van der Waals surface area contributed by atoms with Crippen LogP contribution in [0.3, 0.4) is 0 Å². The van der Waals surface area contributed by atoms with Crippen molar-refractivity contribution in [2.24, 2.45) is 17.8 Å². The Kier molecular flexibility index (Phi) is 5.58. The van der Waals surface area contributed by atoms with Gasteiger partial charge in [0.25, 0.3) is 0 Å². The van der Waals surface area contributed by atoms with Crippen molar-refractivity contribution in [2.45, 2.75) is 46.5 Å². The molecule has 5 atom stereocenters. The minimum absolute atomic E-state index is 0.0151. The summed E-state index contributed by atoms with van der Waals surface area (Å²) in [6.45, 7) is 9.74. The van der Waals surface area contributed by atoms with Crippen molar-refractivity contribution < 1.29 is 9.47 Å². The number of alkyl halides is 1. The van der Waals surface area contributed by atoms with Gasteiger partial charge in [-0.15, -0.1) is 0 Å². The third-order valence-corrected chi connectivity index (χ3v) is 4.07. The Hall–Kier alpha value is 0.400. The normalized spacial score (nSPS) is 41.8. The Morgan fingerprint density at radius 2 is 1.80 bits per heavy atom. The zero-order chi connectivity index (χ0) is 11.4. The van der Waals surface area contributed by atoms with Gasteiger partial charge in [-0.3, -0.25) is 0 Å². The third-order valence-electron chi connectivity index (χ3n) is 3.74. The molecule has 15 heavy (non-hydrogen) atoms. The van der Waals surface area contributed by atoms with Crippen LogP contribution < -0.4 is 0 Å². The molecule has 0 aliphatic carbocycles. The van der Waals surface area contributed by atoms with Gasteiger partial charge in [0, 0.05) is 11.2 Å². The average molecular weight is 279 g/mol. The molecule has 0 aromatic heterocycles. The van der Waals surface area contributed by atoms with Gasteiger partial charge < -0.3 is 9.47 Å². The summed E-state index contributed by atoms with van der Waals surface area (Å²) in [5, 5.41) is 0.875. The Bertz CT molecular complexity index is 184. The van der Waals surface area contributed by atoms with Crippen LogP contribution in [0.2, 0.25) is 0 Å². The van der Waals surface area contributed by atoms with Crippen molar-refractivity contribution in [3.05, 3.63) is 0 Å². The Balaban J connectivity index is 2.57. The molecule has 0 spiro atoms. The fraction of sp³-hybridized carbons (Fsp3) is 1.00. The largest absolute Gasteiger partial charge is 0.351 e. The van der Waals surface area contributed by atoms with Gasteiger partial charge >= 0.3 is 0 Å². The summed E-state index contributed by atoms with van der Waals surface area (Å²) in [4.78, 5) is 0. The second-order valence-corrected chi connectivity index (χ2v) is 5.38. The SMILES string of the molecule is CCC1OC(OCCBr)C(C)C(C)C1C. The van der Waals surface area contributed by atoms with Crippen LogP contribution in [0.25, 0.3) is 0 Å². The third kappa shape index (κ3) is 3.18. The van der Waals surface area contributed by atoms with Crippen molar-refractivity contribution in [3.8, 4) is 0 Å². The van der Waals surface area contributed by atoms with Gasteiger partial charge in [-0.05, 0) is 18.3 Å². The van der Waals surface area contributed by atoms with Crippen LogP contribution in [0.4, 0.5) is 0 Å². The van der Waals surface area contributed by atoms with E-state index >= 15 is 0 Å². The molecule has 0 radical (unpaired) electrons.